The number of aliphatic imine (C=N–C) groups is 1. The number of hydrogen-bond acceptors (Lipinski definition) is 5. The molecule has 2 heterocycles. The Kier molecular flexibility index (Phi) is 9.17. The van der Waals surface area contributed by atoms with Gasteiger partial charge in [-0.1, -0.05) is 0 Å². The largest absolute Gasteiger partial charge is 0.466 e. The van der Waals surface area contributed by atoms with Gasteiger partial charge in [0, 0.05) is 24.6 Å². The maximum absolute atomic E-state index is 11.2. The summed E-state index contributed by atoms with van der Waals surface area (Å²) in [5, 5.41) is 17.4. The minimum absolute atomic E-state index is 0.0498. The van der Waals surface area contributed by atoms with Crippen molar-refractivity contribution in [2.24, 2.45) is 16.6 Å². The van der Waals surface area contributed by atoms with Gasteiger partial charge in [0.2, 0.25) is 5.91 Å². The van der Waals surface area contributed by atoms with Crippen LogP contribution in [0.3, 0.4) is 0 Å². The number of hydrogen-bond donors (Lipinski definition) is 4. The Labute approximate surface area is 180 Å². The molecule has 8 heteroatoms. The van der Waals surface area contributed by atoms with E-state index >= 15 is 0 Å². The molecule has 1 aromatic heterocycles. The lowest BCUT2D eigenvalue weighted by Crippen LogP contribution is -2.40. The van der Waals surface area contributed by atoms with Crippen LogP contribution in [-0.4, -0.2) is 61.1 Å². The van der Waals surface area contributed by atoms with Crippen molar-refractivity contribution >= 4 is 11.9 Å². The van der Waals surface area contributed by atoms with Gasteiger partial charge in [-0.15, -0.1) is 0 Å². The lowest BCUT2D eigenvalue weighted by atomic mass is 9.96. The number of piperidine rings is 1. The van der Waals surface area contributed by atoms with Gasteiger partial charge in [-0.2, -0.15) is 0 Å². The van der Waals surface area contributed by atoms with E-state index in [1.54, 1.807) is 6.92 Å². The maximum atomic E-state index is 11.2. The number of unbranched alkanes of at least 4 members (excludes halogenated alkanes) is 1. The van der Waals surface area contributed by atoms with Gasteiger partial charge < -0.3 is 30.8 Å². The first-order valence-electron chi connectivity index (χ1n) is 11.1. The molecule has 1 amide bonds. The first-order chi connectivity index (χ1) is 14.2. The van der Waals surface area contributed by atoms with Crippen LogP contribution in [-0.2, 0) is 10.4 Å². The van der Waals surface area contributed by atoms with Gasteiger partial charge in [0.25, 0.3) is 0 Å². The first kappa shape index (κ1) is 24.2. The third kappa shape index (κ3) is 7.32. The molecular weight excluding hydrogens is 382 g/mol. The van der Waals surface area contributed by atoms with Crippen molar-refractivity contribution in [2.75, 3.05) is 39.3 Å². The van der Waals surface area contributed by atoms with Gasteiger partial charge >= 0.3 is 0 Å². The molecule has 2 rings (SSSR count). The summed E-state index contributed by atoms with van der Waals surface area (Å²) in [6.45, 7) is 12.3. The first-order valence-corrected chi connectivity index (χ1v) is 11.1. The zero-order valence-corrected chi connectivity index (χ0v) is 19.0. The monoisotopic (exact) mass is 421 g/mol. The molecule has 1 fully saturated rings. The van der Waals surface area contributed by atoms with E-state index < -0.39 is 5.60 Å². The molecule has 0 spiro atoms. The highest BCUT2D eigenvalue weighted by Gasteiger charge is 2.27. The highest BCUT2D eigenvalue weighted by atomic mass is 16.3. The molecule has 1 aromatic rings. The average Bonchev–Trinajstić information content (AvgIpc) is 3.05. The van der Waals surface area contributed by atoms with Crippen LogP contribution in [0.4, 0.5) is 0 Å². The molecule has 170 valence electrons. The Morgan fingerprint density at radius 1 is 1.33 bits per heavy atom. The summed E-state index contributed by atoms with van der Waals surface area (Å²) >= 11 is 0. The zero-order valence-electron chi connectivity index (χ0n) is 19.0. The summed E-state index contributed by atoms with van der Waals surface area (Å²) in [5.74, 6) is 2.11. The summed E-state index contributed by atoms with van der Waals surface area (Å²) in [6.07, 6.45) is 3.86. The molecule has 0 aliphatic carbocycles. The van der Waals surface area contributed by atoms with Gasteiger partial charge in [0.05, 0.1) is 6.54 Å². The third-order valence-electron chi connectivity index (χ3n) is 5.69. The van der Waals surface area contributed by atoms with Gasteiger partial charge in [0.1, 0.15) is 17.1 Å². The van der Waals surface area contributed by atoms with Crippen molar-refractivity contribution in [3.05, 3.63) is 23.2 Å². The molecule has 0 bridgehead atoms. The molecule has 5 N–H and O–H groups in total. The normalized spacial score (nSPS) is 18.2. The molecule has 1 unspecified atom stereocenters. The summed E-state index contributed by atoms with van der Waals surface area (Å²) in [6, 6.07) is 1.87. The number of furan rings is 1. The fourth-order valence-corrected chi connectivity index (χ4v) is 3.93. The number of aliphatic hydroxyl groups is 1. The van der Waals surface area contributed by atoms with Crippen LogP contribution in [0.25, 0.3) is 0 Å². The molecule has 0 aromatic carbocycles. The quantitative estimate of drug-likeness (QED) is 0.259. The minimum Gasteiger partial charge on any atom is -0.466 e. The van der Waals surface area contributed by atoms with Crippen LogP contribution in [0.5, 0.6) is 0 Å². The zero-order chi connectivity index (χ0) is 22.1. The number of carbonyl (C=O) groups is 1. The molecule has 0 radical (unpaired) electrons. The fourth-order valence-electron chi connectivity index (χ4n) is 3.93. The smallest absolute Gasteiger partial charge is 0.220 e. The Hall–Kier alpha value is -2.06. The van der Waals surface area contributed by atoms with Crippen molar-refractivity contribution in [3.8, 4) is 0 Å². The number of nitrogens with one attached hydrogen (secondary N) is 2. The van der Waals surface area contributed by atoms with Crippen molar-refractivity contribution in [1.82, 2.24) is 15.5 Å². The molecule has 1 aliphatic heterocycles. The van der Waals surface area contributed by atoms with Gasteiger partial charge in [-0.25, -0.2) is 4.99 Å². The van der Waals surface area contributed by atoms with E-state index in [9.17, 15) is 9.90 Å². The van der Waals surface area contributed by atoms with Crippen molar-refractivity contribution in [3.63, 3.8) is 0 Å². The van der Waals surface area contributed by atoms with Gasteiger partial charge in [-0.05, 0) is 79.1 Å². The number of primary amides is 1. The minimum atomic E-state index is -1.08. The number of amides is 1. The van der Waals surface area contributed by atoms with Crippen LogP contribution in [0.1, 0.15) is 56.6 Å². The third-order valence-corrected chi connectivity index (χ3v) is 5.69. The van der Waals surface area contributed by atoms with E-state index in [1.165, 1.54) is 0 Å². The molecule has 8 nitrogen and oxygen atoms in total. The molecule has 30 heavy (non-hydrogen) atoms. The average molecular weight is 422 g/mol. The number of guanidine groups is 1. The standard InChI is InChI=1S/C22H39N5O3/c1-5-24-21(26-15-22(4,29)19-14-16(2)30-17(19)3)25-10-6-7-11-27-12-8-18(9-13-27)20(23)28/h14,18,29H,5-13,15H2,1-4H3,(H2,23,28)(H2,24,25,26). The molecule has 0 saturated carbocycles. The van der Waals surface area contributed by atoms with E-state index in [2.05, 4.69) is 20.5 Å². The van der Waals surface area contributed by atoms with Crippen LogP contribution in [0.2, 0.25) is 0 Å². The van der Waals surface area contributed by atoms with Crippen LogP contribution in [0.15, 0.2) is 15.5 Å². The maximum Gasteiger partial charge on any atom is 0.220 e. The topological polar surface area (TPSA) is 116 Å². The van der Waals surface area contributed by atoms with E-state index in [1.807, 2.05) is 26.8 Å². The highest BCUT2D eigenvalue weighted by molar-refractivity contribution is 5.79. The highest BCUT2D eigenvalue weighted by Crippen LogP contribution is 2.27. The molecule has 1 aliphatic rings. The van der Waals surface area contributed by atoms with E-state index in [0.29, 0.717) is 5.96 Å². The van der Waals surface area contributed by atoms with Crippen LogP contribution < -0.4 is 16.4 Å². The molecule has 1 saturated heterocycles. The summed E-state index contributed by atoms with van der Waals surface area (Å²) in [5.41, 5.74) is 5.09. The molecule has 1 atom stereocenters. The SMILES string of the molecule is CCNC(=NCC(C)(O)c1cc(C)oc1C)NCCCCN1CCC(C(N)=O)CC1. The molecular formula is C22H39N5O3. The van der Waals surface area contributed by atoms with E-state index in [-0.39, 0.29) is 18.4 Å². The van der Waals surface area contributed by atoms with Crippen molar-refractivity contribution in [1.29, 1.82) is 0 Å². The van der Waals surface area contributed by atoms with Gasteiger partial charge in [-0.3, -0.25) is 4.79 Å². The summed E-state index contributed by atoms with van der Waals surface area (Å²) in [7, 11) is 0. The predicted molar refractivity (Wildman–Crippen MR) is 119 cm³/mol. The number of nitrogens with two attached hydrogens (primary N) is 1. The lowest BCUT2D eigenvalue weighted by molar-refractivity contribution is -0.123. The van der Waals surface area contributed by atoms with E-state index in [0.717, 1.165) is 75.5 Å². The second-order valence-corrected chi connectivity index (χ2v) is 8.45. The van der Waals surface area contributed by atoms with Gasteiger partial charge in [0.15, 0.2) is 5.96 Å². The summed E-state index contributed by atoms with van der Waals surface area (Å²) in [4.78, 5) is 18.2. The lowest BCUT2D eigenvalue weighted by Gasteiger charge is -2.30. The van der Waals surface area contributed by atoms with Crippen molar-refractivity contribution in [2.45, 2.75) is 59.0 Å². The number of likely N-dealkylation sites (tertiary alicyclic amines) is 1. The Morgan fingerprint density at radius 2 is 2.03 bits per heavy atom. The number of rotatable bonds is 10. The second-order valence-electron chi connectivity index (χ2n) is 8.45. The summed E-state index contributed by atoms with van der Waals surface area (Å²) < 4.78 is 5.55. The van der Waals surface area contributed by atoms with E-state index in [4.69, 9.17) is 10.2 Å². The Balaban J connectivity index is 1.73. The van der Waals surface area contributed by atoms with Crippen LogP contribution in [0, 0.1) is 19.8 Å². The number of aryl methyl sites for hydroxylation is 2. The predicted octanol–water partition coefficient (Wildman–Crippen LogP) is 1.64. The Bertz CT molecular complexity index is 706. The van der Waals surface area contributed by atoms with Crippen LogP contribution >= 0.6 is 0 Å². The number of carbonyl (C=O) groups excluding carboxylic acids is 1. The van der Waals surface area contributed by atoms with Crippen molar-refractivity contribution < 1.29 is 14.3 Å². The second kappa shape index (κ2) is 11.4. The fraction of sp³-hybridized carbons (Fsp3) is 0.727. The Morgan fingerprint density at radius 3 is 2.60 bits per heavy atom. The number of nitrogens with zero attached hydrogens (tertiary/aromatic N) is 2.